The molecule has 0 aromatic carbocycles. The van der Waals surface area contributed by atoms with Crippen molar-refractivity contribution in [2.45, 2.75) is 39.1 Å². The van der Waals surface area contributed by atoms with E-state index in [0.29, 0.717) is 12.1 Å². The first-order valence-electron chi connectivity index (χ1n) is 6.82. The minimum absolute atomic E-state index is 0.314. The number of ether oxygens (including phenoxy) is 1. The van der Waals surface area contributed by atoms with Gasteiger partial charge in [0, 0.05) is 44.1 Å². The molecule has 0 aliphatic carbocycles. The maximum atomic E-state index is 5.82. The average molecular weight is 251 g/mol. The molecule has 1 aliphatic rings. The summed E-state index contributed by atoms with van der Waals surface area (Å²) in [6, 6.07) is 4.82. The van der Waals surface area contributed by atoms with Gasteiger partial charge in [0.2, 0.25) is 0 Å². The van der Waals surface area contributed by atoms with Crippen LogP contribution in [-0.2, 0) is 17.8 Å². The van der Waals surface area contributed by atoms with Gasteiger partial charge < -0.3 is 19.5 Å². The van der Waals surface area contributed by atoms with E-state index < -0.39 is 0 Å². The molecule has 1 aromatic rings. The maximum Gasteiger partial charge on any atom is 0.0880 e. The van der Waals surface area contributed by atoms with Gasteiger partial charge in [-0.15, -0.1) is 0 Å². The van der Waals surface area contributed by atoms with Gasteiger partial charge in [0.1, 0.15) is 0 Å². The predicted molar refractivity (Wildman–Crippen MR) is 73.6 cm³/mol. The van der Waals surface area contributed by atoms with Crippen molar-refractivity contribution < 1.29 is 4.74 Å². The molecule has 4 nitrogen and oxygen atoms in total. The number of morpholine rings is 1. The Kier molecular flexibility index (Phi) is 4.80. The zero-order valence-electron chi connectivity index (χ0n) is 11.7. The maximum absolute atomic E-state index is 5.82. The zero-order chi connectivity index (χ0) is 13.0. The molecule has 0 saturated carbocycles. The third kappa shape index (κ3) is 3.83. The fourth-order valence-electron chi connectivity index (χ4n) is 2.29. The number of aromatic nitrogens is 1. The number of rotatable bonds is 5. The zero-order valence-corrected chi connectivity index (χ0v) is 11.7. The topological polar surface area (TPSA) is 29.4 Å². The summed E-state index contributed by atoms with van der Waals surface area (Å²) in [7, 11) is 2.16. The highest BCUT2D eigenvalue weighted by molar-refractivity contribution is 5.07. The van der Waals surface area contributed by atoms with E-state index in [1.807, 2.05) is 0 Å². The van der Waals surface area contributed by atoms with Gasteiger partial charge in [-0.1, -0.05) is 13.8 Å². The van der Waals surface area contributed by atoms with Crippen molar-refractivity contribution in [2.24, 2.45) is 0 Å². The molecule has 1 aromatic heterocycles. The van der Waals surface area contributed by atoms with Crippen molar-refractivity contribution in [3.8, 4) is 0 Å². The van der Waals surface area contributed by atoms with E-state index >= 15 is 0 Å². The van der Waals surface area contributed by atoms with Crippen LogP contribution in [0.4, 0.5) is 0 Å². The highest BCUT2D eigenvalue weighted by Gasteiger charge is 2.18. The Bertz CT molecular complexity index is 362. The number of hydrogen-bond donors (Lipinski definition) is 1. The molecule has 0 bridgehead atoms. The van der Waals surface area contributed by atoms with E-state index in [4.69, 9.17) is 4.74 Å². The van der Waals surface area contributed by atoms with E-state index in [1.165, 1.54) is 5.69 Å². The quantitative estimate of drug-likeness (QED) is 0.856. The molecule has 4 heteroatoms. The predicted octanol–water partition coefficient (Wildman–Crippen LogP) is 1.32. The second-order valence-corrected chi connectivity index (χ2v) is 5.44. The van der Waals surface area contributed by atoms with Crippen LogP contribution in [0.15, 0.2) is 18.3 Å². The molecule has 102 valence electrons. The number of nitrogens with one attached hydrogen (secondary N) is 1. The Hall–Kier alpha value is -0.840. The fraction of sp³-hybridized carbons (Fsp3) is 0.714. The molecule has 2 rings (SSSR count). The Morgan fingerprint density at radius 1 is 1.50 bits per heavy atom. The van der Waals surface area contributed by atoms with Gasteiger partial charge in [-0.05, 0) is 19.2 Å². The Morgan fingerprint density at radius 3 is 3.06 bits per heavy atom. The van der Waals surface area contributed by atoms with E-state index in [-0.39, 0.29) is 0 Å². The van der Waals surface area contributed by atoms with Crippen molar-refractivity contribution >= 4 is 0 Å². The molecule has 1 saturated heterocycles. The molecule has 1 N–H and O–H groups in total. The molecule has 1 aliphatic heterocycles. The molecular weight excluding hydrogens is 226 g/mol. The molecule has 1 fully saturated rings. The van der Waals surface area contributed by atoms with Gasteiger partial charge in [0.05, 0.1) is 12.7 Å². The highest BCUT2D eigenvalue weighted by atomic mass is 16.5. The molecule has 0 radical (unpaired) electrons. The summed E-state index contributed by atoms with van der Waals surface area (Å²) in [5.41, 5.74) is 1.33. The molecule has 2 heterocycles. The van der Waals surface area contributed by atoms with Crippen LogP contribution in [0.25, 0.3) is 0 Å². The van der Waals surface area contributed by atoms with Gasteiger partial charge in [-0.2, -0.15) is 0 Å². The van der Waals surface area contributed by atoms with E-state index in [2.05, 4.69) is 54.0 Å². The van der Waals surface area contributed by atoms with Crippen LogP contribution >= 0.6 is 0 Å². The van der Waals surface area contributed by atoms with Crippen LogP contribution in [0, 0.1) is 0 Å². The van der Waals surface area contributed by atoms with Gasteiger partial charge in [0.15, 0.2) is 0 Å². The minimum Gasteiger partial charge on any atom is -0.374 e. The van der Waals surface area contributed by atoms with Crippen molar-refractivity contribution in [1.82, 2.24) is 14.8 Å². The van der Waals surface area contributed by atoms with Gasteiger partial charge in [-0.25, -0.2) is 0 Å². The number of likely N-dealkylation sites (N-methyl/N-ethyl adjacent to an activating group) is 1. The van der Waals surface area contributed by atoms with Crippen molar-refractivity contribution in [2.75, 3.05) is 26.7 Å². The number of hydrogen-bond acceptors (Lipinski definition) is 3. The van der Waals surface area contributed by atoms with Crippen LogP contribution in [0.5, 0.6) is 0 Å². The van der Waals surface area contributed by atoms with Gasteiger partial charge in [0.25, 0.3) is 0 Å². The van der Waals surface area contributed by atoms with Gasteiger partial charge >= 0.3 is 0 Å². The summed E-state index contributed by atoms with van der Waals surface area (Å²) in [6.07, 6.45) is 2.46. The summed E-state index contributed by atoms with van der Waals surface area (Å²) in [6.45, 7) is 9.14. The second kappa shape index (κ2) is 6.36. The monoisotopic (exact) mass is 251 g/mol. The molecule has 0 amide bonds. The van der Waals surface area contributed by atoms with Crippen LogP contribution in [0.3, 0.4) is 0 Å². The molecule has 1 atom stereocenters. The lowest BCUT2D eigenvalue weighted by Gasteiger charge is -2.30. The third-order valence-corrected chi connectivity index (χ3v) is 3.36. The molecule has 18 heavy (non-hydrogen) atoms. The summed E-state index contributed by atoms with van der Waals surface area (Å²) in [5.74, 6) is 0. The lowest BCUT2D eigenvalue weighted by Crippen LogP contribution is -2.42. The first kappa shape index (κ1) is 13.6. The standard InChI is InChI=1S/C14H25N3O/c1-12(2)15-9-13-5-4-6-17(13)11-14-10-16(3)7-8-18-14/h4-6,12,14-15H,7-11H2,1-3H3. The van der Waals surface area contributed by atoms with E-state index in [9.17, 15) is 0 Å². The van der Waals surface area contributed by atoms with Crippen LogP contribution < -0.4 is 5.32 Å². The summed E-state index contributed by atoms with van der Waals surface area (Å²) >= 11 is 0. The van der Waals surface area contributed by atoms with Gasteiger partial charge in [-0.3, -0.25) is 0 Å². The van der Waals surface area contributed by atoms with Crippen molar-refractivity contribution in [3.63, 3.8) is 0 Å². The molecule has 1 unspecified atom stereocenters. The van der Waals surface area contributed by atoms with Crippen LogP contribution in [0.1, 0.15) is 19.5 Å². The molecular formula is C14H25N3O. The van der Waals surface area contributed by atoms with Crippen molar-refractivity contribution in [3.05, 3.63) is 24.0 Å². The second-order valence-electron chi connectivity index (χ2n) is 5.44. The largest absolute Gasteiger partial charge is 0.374 e. The Morgan fingerprint density at radius 2 is 2.33 bits per heavy atom. The van der Waals surface area contributed by atoms with Crippen molar-refractivity contribution in [1.29, 1.82) is 0 Å². The van der Waals surface area contributed by atoms with Crippen LogP contribution in [0.2, 0.25) is 0 Å². The van der Waals surface area contributed by atoms with E-state index in [0.717, 1.165) is 32.8 Å². The van der Waals surface area contributed by atoms with E-state index in [1.54, 1.807) is 0 Å². The van der Waals surface area contributed by atoms with Crippen LogP contribution in [-0.4, -0.2) is 48.4 Å². The third-order valence-electron chi connectivity index (χ3n) is 3.36. The molecule has 0 spiro atoms. The first-order chi connectivity index (χ1) is 8.65. The Balaban J connectivity index is 1.90. The smallest absolute Gasteiger partial charge is 0.0880 e. The lowest BCUT2D eigenvalue weighted by atomic mass is 10.2. The normalized spacial score (nSPS) is 21.7. The lowest BCUT2D eigenvalue weighted by molar-refractivity contribution is -0.0277. The summed E-state index contributed by atoms with van der Waals surface area (Å²) in [4.78, 5) is 2.34. The first-order valence-corrected chi connectivity index (χ1v) is 6.82. The average Bonchev–Trinajstić information content (AvgIpc) is 2.74. The highest BCUT2D eigenvalue weighted by Crippen LogP contribution is 2.09. The Labute approximate surface area is 110 Å². The summed E-state index contributed by atoms with van der Waals surface area (Å²) < 4.78 is 8.12. The number of nitrogens with zero attached hydrogens (tertiary/aromatic N) is 2. The SMILES string of the molecule is CC(C)NCc1cccn1CC1CN(C)CCO1. The fourth-order valence-corrected chi connectivity index (χ4v) is 2.29. The minimum atomic E-state index is 0.314. The summed E-state index contributed by atoms with van der Waals surface area (Å²) in [5, 5.41) is 3.46.